The van der Waals surface area contributed by atoms with Crippen LogP contribution in [0.25, 0.3) is 11.1 Å². The third kappa shape index (κ3) is 5.71. The molecule has 2 rings (SSSR count). The SMILES string of the molecule is CCNCCNC(=O)c1cc(F)ccc1-c1cccc(C(F)(F)F)c1.Cl. The number of carbonyl (C=O) groups is 1. The standard InChI is InChI=1S/C18H18F4N2O.ClH/c1-2-23-8-9-24-17(25)16-11-14(19)6-7-15(16)12-4-3-5-13(10-12)18(20,21)22;/h3-7,10-11,23H,2,8-9H2,1H3,(H,24,25);1H. The predicted octanol–water partition coefficient (Wildman–Crippen LogP) is 4.27. The molecular weight excluding hydrogens is 372 g/mol. The molecule has 0 saturated heterocycles. The molecular formula is C18H19ClF4N2O. The van der Waals surface area contributed by atoms with Gasteiger partial charge >= 0.3 is 6.18 Å². The maximum atomic E-state index is 13.6. The molecule has 2 N–H and O–H groups in total. The topological polar surface area (TPSA) is 41.1 Å². The Hall–Kier alpha value is -2.12. The molecule has 142 valence electrons. The van der Waals surface area contributed by atoms with Gasteiger partial charge in [-0.2, -0.15) is 13.2 Å². The summed E-state index contributed by atoms with van der Waals surface area (Å²) >= 11 is 0. The van der Waals surface area contributed by atoms with Gasteiger partial charge in [-0.1, -0.05) is 25.1 Å². The third-order valence-corrected chi connectivity index (χ3v) is 3.56. The summed E-state index contributed by atoms with van der Waals surface area (Å²) in [6.07, 6.45) is -4.50. The van der Waals surface area contributed by atoms with Crippen LogP contribution in [0.15, 0.2) is 42.5 Å². The van der Waals surface area contributed by atoms with Gasteiger partial charge in [0.05, 0.1) is 11.1 Å². The number of amides is 1. The Morgan fingerprint density at radius 1 is 1.08 bits per heavy atom. The van der Waals surface area contributed by atoms with Crippen molar-refractivity contribution in [1.82, 2.24) is 10.6 Å². The predicted molar refractivity (Wildman–Crippen MR) is 95.0 cm³/mol. The van der Waals surface area contributed by atoms with Crippen molar-refractivity contribution in [3.63, 3.8) is 0 Å². The second-order valence-electron chi connectivity index (χ2n) is 5.38. The number of likely N-dealkylation sites (N-methyl/N-ethyl adjacent to an activating group) is 1. The molecule has 8 heteroatoms. The van der Waals surface area contributed by atoms with Crippen molar-refractivity contribution < 1.29 is 22.4 Å². The van der Waals surface area contributed by atoms with E-state index in [2.05, 4.69) is 10.6 Å². The van der Waals surface area contributed by atoms with Gasteiger partial charge in [0, 0.05) is 13.1 Å². The summed E-state index contributed by atoms with van der Waals surface area (Å²) in [6.45, 7) is 3.52. The fraction of sp³-hybridized carbons (Fsp3) is 0.278. The van der Waals surface area contributed by atoms with Gasteiger partial charge < -0.3 is 10.6 Å². The van der Waals surface area contributed by atoms with Gasteiger partial charge in [-0.3, -0.25) is 4.79 Å². The summed E-state index contributed by atoms with van der Waals surface area (Å²) in [7, 11) is 0. The second kappa shape index (κ2) is 9.54. The van der Waals surface area contributed by atoms with Crippen molar-refractivity contribution in [2.45, 2.75) is 13.1 Å². The van der Waals surface area contributed by atoms with Crippen molar-refractivity contribution in [3.8, 4) is 11.1 Å². The Morgan fingerprint density at radius 3 is 2.46 bits per heavy atom. The number of alkyl halides is 3. The summed E-state index contributed by atoms with van der Waals surface area (Å²) in [6, 6.07) is 8.06. The van der Waals surface area contributed by atoms with Gasteiger partial charge in [-0.25, -0.2) is 4.39 Å². The molecule has 3 nitrogen and oxygen atoms in total. The molecule has 2 aromatic carbocycles. The first-order valence-corrected chi connectivity index (χ1v) is 7.79. The fourth-order valence-electron chi connectivity index (χ4n) is 2.36. The lowest BCUT2D eigenvalue weighted by Crippen LogP contribution is -2.32. The van der Waals surface area contributed by atoms with Crippen LogP contribution in [0.3, 0.4) is 0 Å². The highest BCUT2D eigenvalue weighted by Crippen LogP contribution is 2.33. The van der Waals surface area contributed by atoms with E-state index in [0.29, 0.717) is 13.1 Å². The van der Waals surface area contributed by atoms with Crippen LogP contribution in [-0.2, 0) is 6.18 Å². The molecule has 0 spiro atoms. The molecule has 0 unspecified atom stereocenters. The van der Waals surface area contributed by atoms with Crippen LogP contribution in [0.5, 0.6) is 0 Å². The number of hydrogen-bond donors (Lipinski definition) is 2. The number of hydrogen-bond acceptors (Lipinski definition) is 2. The van der Waals surface area contributed by atoms with Gasteiger partial charge in [0.2, 0.25) is 0 Å². The van der Waals surface area contributed by atoms with E-state index in [9.17, 15) is 22.4 Å². The quantitative estimate of drug-likeness (QED) is 0.571. The van der Waals surface area contributed by atoms with Crippen molar-refractivity contribution in [3.05, 3.63) is 59.4 Å². The van der Waals surface area contributed by atoms with E-state index in [1.165, 1.54) is 18.2 Å². The number of carbonyl (C=O) groups excluding carboxylic acids is 1. The summed E-state index contributed by atoms with van der Waals surface area (Å²) in [5, 5.41) is 5.65. The molecule has 0 aliphatic rings. The van der Waals surface area contributed by atoms with Gasteiger partial charge in [-0.05, 0) is 41.9 Å². The van der Waals surface area contributed by atoms with Crippen molar-refractivity contribution >= 4 is 18.3 Å². The average molecular weight is 391 g/mol. The Kier molecular flexibility index (Phi) is 8.05. The van der Waals surface area contributed by atoms with Crippen LogP contribution in [-0.4, -0.2) is 25.5 Å². The molecule has 0 saturated carbocycles. The number of nitrogens with one attached hydrogen (secondary N) is 2. The summed E-state index contributed by atoms with van der Waals surface area (Å²) in [5.41, 5.74) is -0.385. The first-order valence-electron chi connectivity index (χ1n) is 7.79. The van der Waals surface area contributed by atoms with Crippen LogP contribution in [0.2, 0.25) is 0 Å². The largest absolute Gasteiger partial charge is 0.416 e. The van der Waals surface area contributed by atoms with E-state index in [0.717, 1.165) is 30.8 Å². The van der Waals surface area contributed by atoms with Gasteiger partial charge in [-0.15, -0.1) is 12.4 Å². The molecule has 0 aromatic heterocycles. The third-order valence-electron chi connectivity index (χ3n) is 3.56. The summed E-state index contributed by atoms with van der Waals surface area (Å²) in [4.78, 5) is 12.3. The Labute approximate surface area is 155 Å². The molecule has 1 amide bonds. The highest BCUT2D eigenvalue weighted by atomic mass is 35.5. The van der Waals surface area contributed by atoms with E-state index in [4.69, 9.17) is 0 Å². The summed E-state index contributed by atoms with van der Waals surface area (Å²) < 4.78 is 52.3. The lowest BCUT2D eigenvalue weighted by atomic mass is 9.97. The molecule has 0 aliphatic heterocycles. The zero-order valence-corrected chi connectivity index (χ0v) is 14.8. The maximum absolute atomic E-state index is 13.6. The van der Waals surface area contributed by atoms with Gasteiger partial charge in [0.1, 0.15) is 5.82 Å². The average Bonchev–Trinajstić information content (AvgIpc) is 2.58. The summed E-state index contributed by atoms with van der Waals surface area (Å²) in [5.74, 6) is -1.17. The van der Waals surface area contributed by atoms with Gasteiger partial charge in [0.15, 0.2) is 0 Å². The van der Waals surface area contributed by atoms with Crippen molar-refractivity contribution in [2.75, 3.05) is 19.6 Å². The van der Waals surface area contributed by atoms with Crippen LogP contribution in [0.4, 0.5) is 17.6 Å². The molecule has 0 bridgehead atoms. The monoisotopic (exact) mass is 390 g/mol. The minimum atomic E-state index is -4.50. The van der Waals surface area contributed by atoms with Crippen LogP contribution in [0.1, 0.15) is 22.8 Å². The molecule has 0 fully saturated rings. The number of benzene rings is 2. The van der Waals surface area contributed by atoms with Crippen molar-refractivity contribution in [2.24, 2.45) is 0 Å². The highest BCUT2D eigenvalue weighted by Gasteiger charge is 2.30. The van der Waals surface area contributed by atoms with E-state index < -0.39 is 23.5 Å². The minimum absolute atomic E-state index is 0. The van der Waals surface area contributed by atoms with E-state index in [1.807, 2.05) is 6.92 Å². The van der Waals surface area contributed by atoms with Crippen LogP contribution >= 0.6 is 12.4 Å². The minimum Gasteiger partial charge on any atom is -0.351 e. The molecule has 0 radical (unpaired) electrons. The van der Waals surface area contributed by atoms with Crippen molar-refractivity contribution in [1.29, 1.82) is 0 Å². The normalized spacial score (nSPS) is 11.0. The Balaban J connectivity index is 0.00000338. The molecule has 2 aromatic rings. The maximum Gasteiger partial charge on any atom is 0.416 e. The Morgan fingerprint density at radius 2 is 1.81 bits per heavy atom. The molecule has 26 heavy (non-hydrogen) atoms. The van der Waals surface area contributed by atoms with E-state index >= 15 is 0 Å². The van der Waals surface area contributed by atoms with E-state index in [-0.39, 0.29) is 29.1 Å². The number of rotatable bonds is 6. The van der Waals surface area contributed by atoms with Gasteiger partial charge in [0.25, 0.3) is 5.91 Å². The second-order valence-corrected chi connectivity index (χ2v) is 5.38. The number of halogens is 5. The van der Waals surface area contributed by atoms with Crippen LogP contribution < -0.4 is 10.6 Å². The van der Waals surface area contributed by atoms with E-state index in [1.54, 1.807) is 0 Å². The molecule has 0 heterocycles. The smallest absolute Gasteiger partial charge is 0.351 e. The van der Waals surface area contributed by atoms with Crippen LogP contribution in [0, 0.1) is 5.82 Å². The molecule has 0 atom stereocenters. The zero-order chi connectivity index (χ0) is 18.4. The lowest BCUT2D eigenvalue weighted by Gasteiger charge is -2.13. The first-order chi connectivity index (χ1) is 11.8. The molecule has 0 aliphatic carbocycles. The highest BCUT2D eigenvalue weighted by molar-refractivity contribution is 6.01. The first kappa shape index (κ1) is 21.9. The lowest BCUT2D eigenvalue weighted by molar-refractivity contribution is -0.137. The fourth-order valence-corrected chi connectivity index (χ4v) is 2.36. The zero-order valence-electron chi connectivity index (χ0n) is 14.0. The Bertz CT molecular complexity index is 750.